The molecule has 26 heavy (non-hydrogen) atoms. The molecule has 0 aromatic heterocycles. The Labute approximate surface area is 178 Å². The van der Waals surface area contributed by atoms with Crippen molar-refractivity contribution in [3.8, 4) is 0 Å². The van der Waals surface area contributed by atoms with Gasteiger partial charge in [-0.25, -0.2) is 0 Å². The Hall–Kier alpha value is 0.704. The summed E-state index contributed by atoms with van der Waals surface area (Å²) < 4.78 is 32.7. The molecule has 10 atom stereocenters. The molecule has 2 fully saturated rings. The van der Waals surface area contributed by atoms with Crippen molar-refractivity contribution in [1.29, 1.82) is 0 Å². The molecule has 2 aliphatic heterocycles. The maximum absolute atomic E-state index is 10.5. The van der Waals surface area contributed by atoms with E-state index in [-0.39, 0.29) is 38.6 Å². The predicted molar refractivity (Wildman–Crippen MR) is 85.4 cm³/mol. The van der Waals surface area contributed by atoms with Gasteiger partial charge in [0, 0.05) is 60.0 Å². The van der Waals surface area contributed by atoms with Crippen molar-refractivity contribution in [3.05, 3.63) is 5.73 Å². The maximum atomic E-state index is 10.5. The first-order valence-corrected chi connectivity index (χ1v) is 8.18. The van der Waals surface area contributed by atoms with Gasteiger partial charge in [0.05, 0.1) is 18.2 Å². The Balaban J connectivity index is 0.00000338. The van der Waals surface area contributed by atoms with E-state index in [0.29, 0.717) is 0 Å². The smallest absolute Gasteiger partial charge is 0.188 e. The van der Waals surface area contributed by atoms with Gasteiger partial charge in [0.25, 0.3) is 0 Å². The van der Waals surface area contributed by atoms with Crippen molar-refractivity contribution in [2.45, 2.75) is 62.5 Å². The van der Waals surface area contributed by atoms with Crippen LogP contribution in [0.4, 0.5) is 0 Å². The third-order valence-electron chi connectivity index (χ3n) is 4.75. The van der Waals surface area contributed by atoms with Crippen LogP contribution in [0.25, 0.3) is 5.73 Å². The van der Waals surface area contributed by atoms with E-state index in [0.717, 1.165) is 0 Å². The summed E-state index contributed by atoms with van der Waals surface area (Å²) in [6.45, 7) is 1.80. The number of ether oxygens (including phenoxy) is 6. The van der Waals surface area contributed by atoms with Gasteiger partial charge in [0.15, 0.2) is 18.9 Å². The van der Waals surface area contributed by atoms with Gasteiger partial charge in [0.2, 0.25) is 0 Å². The maximum Gasteiger partial charge on any atom is 0.188 e. The minimum Gasteiger partial charge on any atom is -0.668 e. The van der Waals surface area contributed by atoms with E-state index in [9.17, 15) is 10.2 Å². The van der Waals surface area contributed by atoms with Gasteiger partial charge in [-0.05, 0) is 7.05 Å². The average molecular weight is 454 g/mol. The van der Waals surface area contributed by atoms with Gasteiger partial charge in [0.1, 0.15) is 12.4 Å². The van der Waals surface area contributed by atoms with Crippen LogP contribution in [-0.4, -0.2) is 94.1 Å². The molecule has 0 bridgehead atoms. The van der Waals surface area contributed by atoms with Crippen LogP contribution in [-0.2, 0) is 61.1 Å². The minimum atomic E-state index is -1.23. The van der Waals surface area contributed by atoms with Crippen LogP contribution >= 0.6 is 0 Å². The minimum absolute atomic E-state index is 0. The molecule has 2 saturated heterocycles. The molecule has 0 spiro atoms. The Morgan fingerprint density at radius 2 is 1.42 bits per heavy atom. The first-order valence-electron chi connectivity index (χ1n) is 8.18. The first-order chi connectivity index (χ1) is 11.9. The van der Waals surface area contributed by atoms with Crippen molar-refractivity contribution in [2.75, 3.05) is 28.4 Å². The van der Waals surface area contributed by atoms with Crippen molar-refractivity contribution >= 4 is 0 Å². The van der Waals surface area contributed by atoms with Gasteiger partial charge in [-0.15, -0.1) is 0 Å². The molecule has 151 valence electrons. The van der Waals surface area contributed by atoms with Crippen molar-refractivity contribution in [3.63, 3.8) is 0 Å². The average Bonchev–Trinajstić information content (AvgIpc) is 2.62. The number of rotatable bonds is 6. The summed E-state index contributed by atoms with van der Waals surface area (Å²) in [6.07, 6.45) is -6.54. The number of hydrogen-bond acceptors (Lipinski definition) is 9. The molecule has 2 aliphatic rings. The van der Waals surface area contributed by atoms with Gasteiger partial charge in [-0.2, -0.15) is 0 Å². The van der Waals surface area contributed by atoms with Crippen molar-refractivity contribution in [1.82, 2.24) is 5.32 Å². The Morgan fingerprint density at radius 3 is 1.92 bits per heavy atom. The first kappa shape index (κ1) is 24.7. The van der Waals surface area contributed by atoms with Crippen LogP contribution < -0.4 is 5.32 Å². The van der Waals surface area contributed by atoms with Crippen LogP contribution in [0, 0.1) is 5.92 Å². The molecular formula is C15H29N2O8Y-. The predicted octanol–water partition coefficient (Wildman–Crippen LogP) is -0.960. The van der Waals surface area contributed by atoms with E-state index in [2.05, 4.69) is 5.32 Å². The normalized spacial score (nSPS) is 46.6. The fraction of sp³-hybridized carbons (Fsp3) is 1.00. The van der Waals surface area contributed by atoms with E-state index in [1.807, 2.05) is 0 Å². The molecule has 1 radical (unpaired) electrons. The fourth-order valence-corrected chi connectivity index (χ4v) is 3.20. The second-order valence-corrected chi connectivity index (χ2v) is 6.23. The van der Waals surface area contributed by atoms with Crippen molar-refractivity contribution < 1.29 is 71.3 Å². The zero-order valence-corrected chi connectivity index (χ0v) is 18.5. The van der Waals surface area contributed by atoms with Crippen LogP contribution in [0.5, 0.6) is 0 Å². The molecule has 4 unspecified atom stereocenters. The summed E-state index contributed by atoms with van der Waals surface area (Å²) in [4.78, 5) is 0. The molecule has 4 N–H and O–H groups in total. The van der Waals surface area contributed by atoms with E-state index in [1.54, 1.807) is 14.0 Å². The van der Waals surface area contributed by atoms with Crippen LogP contribution in [0.3, 0.4) is 0 Å². The summed E-state index contributed by atoms with van der Waals surface area (Å²) in [5.74, 6) is -0.283. The van der Waals surface area contributed by atoms with Crippen LogP contribution in [0.1, 0.15) is 6.92 Å². The Kier molecular flexibility index (Phi) is 10.5. The molecule has 2 heterocycles. The second-order valence-electron chi connectivity index (χ2n) is 6.23. The van der Waals surface area contributed by atoms with E-state index in [4.69, 9.17) is 34.2 Å². The molecular weight excluding hydrogens is 425 g/mol. The van der Waals surface area contributed by atoms with Gasteiger partial charge < -0.3 is 49.7 Å². The Morgan fingerprint density at radius 1 is 0.885 bits per heavy atom. The largest absolute Gasteiger partial charge is 0.668 e. The number of aliphatic hydroxyl groups is 2. The molecule has 0 amide bonds. The Bertz CT molecular complexity index is 421. The third kappa shape index (κ3) is 5.00. The van der Waals surface area contributed by atoms with Crippen molar-refractivity contribution in [2.24, 2.45) is 5.92 Å². The summed E-state index contributed by atoms with van der Waals surface area (Å²) in [5, 5.41) is 23.9. The van der Waals surface area contributed by atoms with E-state index >= 15 is 0 Å². The van der Waals surface area contributed by atoms with Gasteiger partial charge >= 0.3 is 0 Å². The standard InChI is InChI=1S/C15H29N2O8.Y/c1-6-9(18)8(17-2)14(24-12(6)20-3)23-11-10(19)7(16)13(21-4)25-15(11)22-5;/h6-19H,1-5H3;/q-1;/t6-,7?,8?,9+,10?,11+,12?,13+,14-,15+;/m1./s1. The number of hydrogen-bond donors (Lipinski definition) is 3. The van der Waals surface area contributed by atoms with Crippen LogP contribution in [0.2, 0.25) is 0 Å². The monoisotopic (exact) mass is 454 g/mol. The molecule has 11 heteroatoms. The van der Waals surface area contributed by atoms with Gasteiger partial charge in [-0.3, -0.25) is 0 Å². The van der Waals surface area contributed by atoms with Gasteiger partial charge in [-0.1, -0.05) is 13.0 Å². The second kappa shape index (κ2) is 11.0. The fourth-order valence-electron chi connectivity index (χ4n) is 3.20. The zero-order chi connectivity index (χ0) is 18.7. The van der Waals surface area contributed by atoms with E-state index in [1.165, 1.54) is 21.3 Å². The number of nitrogens with one attached hydrogen (secondary N) is 2. The van der Waals surface area contributed by atoms with E-state index < -0.39 is 55.6 Å². The summed E-state index contributed by atoms with van der Waals surface area (Å²) in [6, 6.07) is -1.64. The number of aliphatic hydroxyl groups excluding tert-OH is 2. The zero-order valence-electron chi connectivity index (χ0n) is 15.7. The third-order valence-corrected chi connectivity index (χ3v) is 4.75. The molecule has 0 saturated carbocycles. The summed E-state index contributed by atoms with van der Waals surface area (Å²) >= 11 is 0. The SMILES string of the molecule is CNC1[C@H](O[C@H]2C(O)C([NH-])[C@@H](OC)O[C@@H]2OC)OC(OC)[C@H](C)[C@@H]1O.[Y]. The number of methoxy groups -OCH3 is 3. The topological polar surface area (TPSA) is 132 Å². The molecule has 10 nitrogen and oxygen atoms in total. The summed E-state index contributed by atoms with van der Waals surface area (Å²) in [7, 11) is 5.93. The molecule has 2 rings (SSSR count). The van der Waals surface area contributed by atoms with Crippen LogP contribution in [0.15, 0.2) is 0 Å². The quantitative estimate of drug-likeness (QED) is 0.464. The number of likely N-dealkylation sites (N-methyl/N-ethyl adjacent to an activating group) is 1. The molecule has 0 aromatic rings. The summed E-state index contributed by atoms with van der Waals surface area (Å²) in [5.41, 5.74) is 8.02. The molecule has 0 aromatic carbocycles. The molecule has 0 aliphatic carbocycles.